The summed E-state index contributed by atoms with van der Waals surface area (Å²) in [5, 5.41) is 6.72. The fourth-order valence-corrected chi connectivity index (χ4v) is 8.37. The summed E-state index contributed by atoms with van der Waals surface area (Å²) in [4.78, 5) is 58.5. The Kier molecular flexibility index (Phi) is 8.90. The summed E-state index contributed by atoms with van der Waals surface area (Å²) in [5.74, 6) is -1.07. The molecule has 0 spiro atoms. The minimum atomic E-state index is -0.334. The van der Waals surface area contributed by atoms with Gasteiger partial charge in [-0.25, -0.2) is 0 Å². The van der Waals surface area contributed by atoms with Crippen LogP contribution in [-0.2, 0) is 0 Å². The van der Waals surface area contributed by atoms with E-state index in [1.54, 1.807) is 17.0 Å². The monoisotopic (exact) mass is 643 g/mol. The topological polar surface area (TPSA) is 101 Å². The zero-order chi connectivity index (χ0) is 33.5. The van der Waals surface area contributed by atoms with Crippen molar-refractivity contribution < 1.29 is 19.2 Å². The second kappa shape index (κ2) is 13.3. The zero-order valence-corrected chi connectivity index (χ0v) is 28.2. The first-order chi connectivity index (χ1) is 23.4. The van der Waals surface area contributed by atoms with Crippen LogP contribution < -0.4 is 5.73 Å². The second-order valence-corrected chi connectivity index (χ2v) is 13.7. The lowest BCUT2D eigenvalue weighted by atomic mass is 9.82. The molecule has 0 saturated carbocycles. The molecule has 7 nitrogen and oxygen atoms in total. The molecule has 248 valence electrons. The molecule has 5 aromatic rings. The third-order valence-electron chi connectivity index (χ3n) is 10.8. The van der Waals surface area contributed by atoms with Gasteiger partial charge in [-0.1, -0.05) is 102 Å². The van der Waals surface area contributed by atoms with Crippen LogP contribution in [-0.4, -0.2) is 52.6 Å². The predicted octanol–water partition coefficient (Wildman–Crippen LogP) is 8.98. The number of benzene rings is 5. The Morgan fingerprint density at radius 2 is 0.875 bits per heavy atom. The molecule has 0 saturated heterocycles. The number of nitrogens with two attached hydrogens (primary N) is 1. The van der Waals surface area contributed by atoms with E-state index in [0.29, 0.717) is 33.0 Å². The number of fused-ring (bicyclic) bond motifs is 2. The number of nitrogens with zero attached hydrogens (tertiary/aromatic N) is 2. The quantitative estimate of drug-likeness (QED) is 0.0531. The highest BCUT2D eigenvalue weighted by Gasteiger charge is 2.39. The molecule has 2 aliphatic rings. The summed E-state index contributed by atoms with van der Waals surface area (Å²) >= 11 is 0. The summed E-state index contributed by atoms with van der Waals surface area (Å²) in [5.41, 5.74) is 7.86. The minimum absolute atomic E-state index is 0.116. The SMILES string of the molecule is CCCCCCCC(CCCCCCC)N1C(=O)c2ccc3c4ccc5c6c(ccc(c7ccc(c2c37)C1=O)c64)C(=O)N(CCN)C5=O. The van der Waals surface area contributed by atoms with Crippen molar-refractivity contribution in [3.05, 3.63) is 70.8 Å². The maximum atomic E-state index is 14.4. The smallest absolute Gasteiger partial charge is 0.261 e. The highest BCUT2D eigenvalue weighted by Crippen LogP contribution is 2.46. The predicted molar refractivity (Wildman–Crippen MR) is 193 cm³/mol. The fourth-order valence-electron chi connectivity index (χ4n) is 8.37. The second-order valence-electron chi connectivity index (χ2n) is 13.7. The summed E-state index contributed by atoms with van der Waals surface area (Å²) in [6, 6.07) is 15.1. The lowest BCUT2D eigenvalue weighted by molar-refractivity contribution is 0.0514. The van der Waals surface area contributed by atoms with Gasteiger partial charge in [0.05, 0.1) is 0 Å². The summed E-state index contributed by atoms with van der Waals surface area (Å²) < 4.78 is 0. The summed E-state index contributed by atoms with van der Waals surface area (Å²) in [6.45, 7) is 4.78. The van der Waals surface area contributed by atoms with Crippen LogP contribution in [0, 0.1) is 0 Å². The van der Waals surface area contributed by atoms with E-state index in [1.807, 2.05) is 36.4 Å². The number of hydrogen-bond donors (Lipinski definition) is 1. The number of rotatable bonds is 15. The lowest BCUT2D eigenvalue weighted by Crippen LogP contribution is -2.47. The van der Waals surface area contributed by atoms with Gasteiger partial charge in [0.2, 0.25) is 0 Å². The zero-order valence-electron chi connectivity index (χ0n) is 28.2. The van der Waals surface area contributed by atoms with Gasteiger partial charge in [-0.15, -0.1) is 0 Å². The van der Waals surface area contributed by atoms with Crippen molar-refractivity contribution in [2.75, 3.05) is 13.1 Å². The Balaban J connectivity index is 1.33. The number of amides is 4. The summed E-state index contributed by atoms with van der Waals surface area (Å²) in [7, 11) is 0. The molecular weight excluding hydrogens is 598 g/mol. The number of imide groups is 2. The van der Waals surface area contributed by atoms with Crippen LogP contribution in [0.2, 0.25) is 0 Å². The van der Waals surface area contributed by atoms with Crippen molar-refractivity contribution in [3.8, 4) is 0 Å². The highest BCUT2D eigenvalue weighted by molar-refractivity contribution is 6.41. The van der Waals surface area contributed by atoms with Gasteiger partial charge < -0.3 is 5.73 Å². The van der Waals surface area contributed by atoms with Gasteiger partial charge >= 0.3 is 0 Å². The van der Waals surface area contributed by atoms with Gasteiger partial charge in [-0.2, -0.15) is 0 Å². The molecule has 2 aliphatic heterocycles. The van der Waals surface area contributed by atoms with Gasteiger partial charge in [0.1, 0.15) is 0 Å². The van der Waals surface area contributed by atoms with Crippen LogP contribution in [0.3, 0.4) is 0 Å². The third kappa shape index (κ3) is 5.06. The standard InChI is InChI=1S/C41H45N3O4/c1-3-5-7-9-11-13-25(14-12-10-8-6-4-2)44-40(47)32-21-17-28-26-15-19-30-36-31(39(46)43(24-23-42)38(30)45)20-16-27(34(26)36)29-18-22-33(41(44)48)37(32)35(28)29/h15-22,25H,3-14,23-24,42H2,1-2H3. The Bertz CT molecular complexity index is 1950. The average molecular weight is 644 g/mol. The van der Waals surface area contributed by atoms with Gasteiger partial charge in [-0.3, -0.25) is 29.0 Å². The van der Waals surface area contributed by atoms with E-state index in [4.69, 9.17) is 5.73 Å². The molecule has 0 aliphatic carbocycles. The highest BCUT2D eigenvalue weighted by atomic mass is 16.2. The Morgan fingerprint density at radius 3 is 1.25 bits per heavy atom. The molecule has 7 rings (SSSR count). The van der Waals surface area contributed by atoms with Gasteiger partial charge in [0, 0.05) is 52.2 Å². The van der Waals surface area contributed by atoms with Crippen LogP contribution in [0.15, 0.2) is 48.5 Å². The minimum Gasteiger partial charge on any atom is -0.329 e. The number of unbranched alkanes of at least 4 members (excludes halogenated alkanes) is 8. The fraction of sp³-hybridized carbons (Fsp3) is 0.415. The molecule has 5 aromatic carbocycles. The van der Waals surface area contributed by atoms with Gasteiger partial charge in [0.25, 0.3) is 23.6 Å². The van der Waals surface area contributed by atoms with Crippen LogP contribution in [0.25, 0.3) is 43.1 Å². The molecule has 0 bridgehead atoms. The van der Waals surface area contributed by atoms with Crippen LogP contribution in [0.4, 0.5) is 0 Å². The van der Waals surface area contributed by atoms with Crippen molar-refractivity contribution in [3.63, 3.8) is 0 Å². The summed E-state index contributed by atoms with van der Waals surface area (Å²) in [6.07, 6.45) is 13.1. The van der Waals surface area contributed by atoms with E-state index in [9.17, 15) is 19.2 Å². The van der Waals surface area contributed by atoms with Crippen molar-refractivity contribution in [2.45, 2.75) is 96.9 Å². The van der Waals surface area contributed by atoms with Crippen LogP contribution in [0.5, 0.6) is 0 Å². The molecule has 7 heteroatoms. The van der Waals surface area contributed by atoms with E-state index in [-0.39, 0.29) is 42.8 Å². The molecular formula is C41H45N3O4. The molecule has 2 heterocycles. The maximum Gasteiger partial charge on any atom is 0.261 e. The molecule has 0 radical (unpaired) electrons. The van der Waals surface area contributed by atoms with E-state index >= 15 is 0 Å². The molecule has 0 unspecified atom stereocenters. The van der Waals surface area contributed by atoms with E-state index in [0.717, 1.165) is 70.8 Å². The Morgan fingerprint density at radius 1 is 0.500 bits per heavy atom. The first kappa shape index (κ1) is 32.2. The van der Waals surface area contributed by atoms with Crippen molar-refractivity contribution in [1.82, 2.24) is 9.80 Å². The van der Waals surface area contributed by atoms with E-state index in [1.165, 1.54) is 43.4 Å². The van der Waals surface area contributed by atoms with Crippen molar-refractivity contribution >= 4 is 66.7 Å². The Labute approximate surface area is 281 Å². The Hall–Kier alpha value is -4.36. The third-order valence-corrected chi connectivity index (χ3v) is 10.8. The van der Waals surface area contributed by atoms with Gasteiger partial charge in [0.15, 0.2) is 0 Å². The van der Waals surface area contributed by atoms with Crippen molar-refractivity contribution in [1.29, 1.82) is 0 Å². The molecule has 0 atom stereocenters. The molecule has 4 amide bonds. The average Bonchev–Trinajstić information content (AvgIpc) is 3.10. The van der Waals surface area contributed by atoms with Gasteiger partial charge in [-0.05, 0) is 69.4 Å². The first-order valence-corrected chi connectivity index (χ1v) is 18.1. The number of carbonyl (C=O) groups is 4. The lowest BCUT2D eigenvalue weighted by Gasteiger charge is -2.35. The molecule has 2 N–H and O–H groups in total. The van der Waals surface area contributed by atoms with Crippen LogP contribution in [0.1, 0.15) is 132 Å². The van der Waals surface area contributed by atoms with Crippen LogP contribution >= 0.6 is 0 Å². The first-order valence-electron chi connectivity index (χ1n) is 18.1. The molecule has 0 aromatic heterocycles. The number of hydrogen-bond acceptors (Lipinski definition) is 5. The largest absolute Gasteiger partial charge is 0.329 e. The molecule has 0 fully saturated rings. The number of carbonyl (C=O) groups excluding carboxylic acids is 4. The normalized spacial score (nSPS) is 14.8. The van der Waals surface area contributed by atoms with E-state index < -0.39 is 0 Å². The van der Waals surface area contributed by atoms with Crippen molar-refractivity contribution in [2.24, 2.45) is 5.73 Å². The van der Waals surface area contributed by atoms with E-state index in [2.05, 4.69) is 13.8 Å². The maximum absolute atomic E-state index is 14.4. The molecule has 48 heavy (non-hydrogen) atoms.